The van der Waals surface area contributed by atoms with Crippen molar-refractivity contribution in [2.45, 2.75) is 31.0 Å². The average molecular weight is 325 g/mol. The van der Waals surface area contributed by atoms with Crippen molar-refractivity contribution in [1.82, 2.24) is 9.80 Å². The summed E-state index contributed by atoms with van der Waals surface area (Å²) in [4.78, 5) is 33.4. The van der Waals surface area contributed by atoms with Gasteiger partial charge in [-0.2, -0.15) is 0 Å². The molecule has 2 atom stereocenters. The number of halogens is 1. The Bertz CT molecular complexity index is 557. The van der Waals surface area contributed by atoms with Crippen LogP contribution in [0.2, 0.25) is 0 Å². The summed E-state index contributed by atoms with van der Waals surface area (Å²) in [7, 11) is 0. The predicted molar refractivity (Wildman–Crippen MR) is 77.5 cm³/mol. The van der Waals surface area contributed by atoms with Crippen LogP contribution in [0, 0.1) is 5.92 Å². The molecule has 0 N–H and O–H groups in total. The summed E-state index contributed by atoms with van der Waals surface area (Å²) in [5.74, 6) is -0.869. The molecule has 3 heterocycles. The lowest BCUT2D eigenvalue weighted by Gasteiger charge is -2.35. The molecule has 1 saturated carbocycles. The van der Waals surface area contributed by atoms with Gasteiger partial charge in [-0.25, -0.2) is 4.39 Å². The van der Waals surface area contributed by atoms with Crippen LogP contribution in [0.1, 0.15) is 19.3 Å². The van der Waals surface area contributed by atoms with Crippen molar-refractivity contribution in [2.24, 2.45) is 11.1 Å². The van der Waals surface area contributed by atoms with Gasteiger partial charge in [0.05, 0.1) is 25.7 Å². The molecule has 4 rings (SSSR count). The zero-order valence-corrected chi connectivity index (χ0v) is 12.9. The molecule has 0 bridgehead atoms. The number of hydrogen-bond acceptors (Lipinski definition) is 5. The Labute approximate surface area is 133 Å². The second-order valence-electron chi connectivity index (χ2n) is 6.66. The SMILES string of the molecule is O=C(C1=NO[C@@H]2CN(C(=O)C3(F)CCC3)C[C@H]12)N1CCOCC1. The third-order valence-corrected chi connectivity index (χ3v) is 5.24. The van der Waals surface area contributed by atoms with Crippen LogP contribution in [0.15, 0.2) is 5.16 Å². The van der Waals surface area contributed by atoms with E-state index in [-0.39, 0.29) is 17.9 Å². The Morgan fingerprint density at radius 3 is 2.57 bits per heavy atom. The number of hydrogen-bond donors (Lipinski definition) is 0. The number of carbonyl (C=O) groups is 2. The number of rotatable bonds is 2. The van der Waals surface area contributed by atoms with Crippen LogP contribution in [0.3, 0.4) is 0 Å². The van der Waals surface area contributed by atoms with Crippen LogP contribution < -0.4 is 0 Å². The van der Waals surface area contributed by atoms with Crippen molar-refractivity contribution >= 4 is 17.5 Å². The zero-order valence-electron chi connectivity index (χ0n) is 12.9. The van der Waals surface area contributed by atoms with Gasteiger partial charge < -0.3 is 19.4 Å². The fraction of sp³-hybridized carbons (Fsp3) is 0.800. The molecule has 23 heavy (non-hydrogen) atoms. The molecule has 0 unspecified atom stereocenters. The molecular formula is C15H20FN3O4. The van der Waals surface area contributed by atoms with Gasteiger partial charge in [0.2, 0.25) is 0 Å². The number of carbonyl (C=O) groups excluding carboxylic acids is 2. The van der Waals surface area contributed by atoms with Gasteiger partial charge in [-0.1, -0.05) is 5.16 Å². The lowest BCUT2D eigenvalue weighted by atomic mass is 9.81. The van der Waals surface area contributed by atoms with E-state index in [0.717, 1.165) is 6.42 Å². The second kappa shape index (κ2) is 5.43. The van der Waals surface area contributed by atoms with Gasteiger partial charge in [0, 0.05) is 19.6 Å². The highest BCUT2D eigenvalue weighted by atomic mass is 19.1. The molecule has 7 nitrogen and oxygen atoms in total. The molecule has 3 fully saturated rings. The minimum Gasteiger partial charge on any atom is -0.389 e. The lowest BCUT2D eigenvalue weighted by Crippen LogP contribution is -2.50. The van der Waals surface area contributed by atoms with E-state index < -0.39 is 11.6 Å². The third-order valence-electron chi connectivity index (χ3n) is 5.24. The minimum absolute atomic E-state index is 0.159. The van der Waals surface area contributed by atoms with E-state index >= 15 is 0 Å². The first kappa shape index (κ1) is 14.9. The van der Waals surface area contributed by atoms with Crippen molar-refractivity contribution < 1.29 is 23.6 Å². The van der Waals surface area contributed by atoms with Crippen molar-refractivity contribution in [3.8, 4) is 0 Å². The highest BCUT2D eigenvalue weighted by Gasteiger charge is 2.53. The largest absolute Gasteiger partial charge is 0.389 e. The summed E-state index contributed by atoms with van der Waals surface area (Å²) in [6.07, 6.45) is 1.02. The molecule has 2 amide bonds. The van der Waals surface area contributed by atoms with Crippen LogP contribution in [-0.4, -0.2) is 78.5 Å². The van der Waals surface area contributed by atoms with Crippen LogP contribution in [-0.2, 0) is 19.2 Å². The van der Waals surface area contributed by atoms with Gasteiger partial charge in [-0.05, 0) is 19.3 Å². The molecule has 2 saturated heterocycles. The van der Waals surface area contributed by atoms with E-state index in [2.05, 4.69) is 5.16 Å². The summed E-state index contributed by atoms with van der Waals surface area (Å²) in [5, 5.41) is 3.94. The molecule has 8 heteroatoms. The first-order valence-corrected chi connectivity index (χ1v) is 8.17. The highest BCUT2D eigenvalue weighted by molar-refractivity contribution is 6.40. The van der Waals surface area contributed by atoms with E-state index in [1.54, 1.807) is 4.90 Å². The summed E-state index contributed by atoms with van der Waals surface area (Å²) >= 11 is 0. The smallest absolute Gasteiger partial charge is 0.272 e. The van der Waals surface area contributed by atoms with Crippen LogP contribution >= 0.6 is 0 Å². The van der Waals surface area contributed by atoms with Crippen LogP contribution in [0.4, 0.5) is 4.39 Å². The maximum absolute atomic E-state index is 14.3. The summed E-state index contributed by atoms with van der Waals surface area (Å²) < 4.78 is 19.6. The Balaban J connectivity index is 1.43. The van der Waals surface area contributed by atoms with Gasteiger partial charge in [0.15, 0.2) is 17.5 Å². The highest BCUT2D eigenvalue weighted by Crippen LogP contribution is 2.39. The van der Waals surface area contributed by atoms with Gasteiger partial charge in [0.1, 0.15) is 0 Å². The van der Waals surface area contributed by atoms with Crippen LogP contribution in [0.5, 0.6) is 0 Å². The molecule has 0 spiro atoms. The number of likely N-dealkylation sites (tertiary alicyclic amines) is 1. The molecule has 0 aromatic carbocycles. The van der Waals surface area contributed by atoms with E-state index in [4.69, 9.17) is 9.57 Å². The first-order chi connectivity index (χ1) is 11.1. The number of fused-ring (bicyclic) bond motifs is 1. The number of alkyl halides is 1. The maximum atomic E-state index is 14.3. The summed E-state index contributed by atoms with van der Waals surface area (Å²) in [6, 6.07) is 0. The van der Waals surface area contributed by atoms with E-state index in [1.165, 1.54) is 4.90 Å². The Kier molecular flexibility index (Phi) is 3.51. The molecule has 4 aliphatic rings. The number of oxime groups is 1. The van der Waals surface area contributed by atoms with E-state index in [1.807, 2.05) is 0 Å². The second-order valence-corrected chi connectivity index (χ2v) is 6.66. The molecule has 0 radical (unpaired) electrons. The van der Waals surface area contributed by atoms with Gasteiger partial charge in [-0.15, -0.1) is 0 Å². The minimum atomic E-state index is -1.70. The summed E-state index contributed by atoms with van der Waals surface area (Å²) in [6.45, 7) is 2.71. The number of ether oxygens (including phenoxy) is 1. The monoisotopic (exact) mass is 325 g/mol. The Morgan fingerprint density at radius 2 is 1.91 bits per heavy atom. The van der Waals surface area contributed by atoms with Gasteiger partial charge >= 0.3 is 0 Å². The lowest BCUT2D eigenvalue weighted by molar-refractivity contribution is -0.149. The van der Waals surface area contributed by atoms with Gasteiger partial charge in [-0.3, -0.25) is 9.59 Å². The number of morpholine rings is 1. The predicted octanol–water partition coefficient (Wildman–Crippen LogP) is -0.0494. The fourth-order valence-electron chi connectivity index (χ4n) is 3.61. The van der Waals surface area contributed by atoms with Crippen molar-refractivity contribution in [3.05, 3.63) is 0 Å². The first-order valence-electron chi connectivity index (χ1n) is 8.17. The van der Waals surface area contributed by atoms with E-state index in [9.17, 15) is 14.0 Å². The fourth-order valence-corrected chi connectivity index (χ4v) is 3.61. The van der Waals surface area contributed by atoms with Crippen molar-refractivity contribution in [2.75, 3.05) is 39.4 Å². The number of nitrogens with zero attached hydrogens (tertiary/aromatic N) is 3. The normalized spacial score (nSPS) is 32.0. The maximum Gasteiger partial charge on any atom is 0.272 e. The average Bonchev–Trinajstić information content (AvgIpc) is 3.12. The van der Waals surface area contributed by atoms with E-state index in [0.29, 0.717) is 57.9 Å². The van der Waals surface area contributed by atoms with Crippen molar-refractivity contribution in [3.63, 3.8) is 0 Å². The molecule has 3 aliphatic heterocycles. The Hall–Kier alpha value is -1.70. The third kappa shape index (κ3) is 2.39. The topological polar surface area (TPSA) is 71.4 Å². The molecule has 1 aliphatic carbocycles. The van der Waals surface area contributed by atoms with Gasteiger partial charge in [0.25, 0.3) is 11.8 Å². The zero-order chi connectivity index (χ0) is 16.0. The van der Waals surface area contributed by atoms with Crippen LogP contribution in [0.25, 0.3) is 0 Å². The molecule has 0 aromatic rings. The molecule has 126 valence electrons. The Morgan fingerprint density at radius 1 is 1.17 bits per heavy atom. The molecule has 0 aromatic heterocycles. The summed E-state index contributed by atoms with van der Waals surface area (Å²) in [5.41, 5.74) is -1.35. The quantitative estimate of drug-likeness (QED) is 0.714. The molecular weight excluding hydrogens is 305 g/mol. The van der Waals surface area contributed by atoms with Crippen molar-refractivity contribution in [1.29, 1.82) is 0 Å². The number of amides is 2. The standard InChI is InChI=1S/C15H20FN3O4/c16-15(2-1-3-15)14(21)19-8-10-11(9-19)23-17-12(10)13(20)18-4-6-22-7-5-18/h10-11H,1-9H2/t10-,11+/m0/s1.